The van der Waals surface area contributed by atoms with Gasteiger partial charge in [-0.05, 0) is 220 Å². The van der Waals surface area contributed by atoms with Crippen LogP contribution in [0, 0.1) is 12.3 Å². The van der Waals surface area contributed by atoms with E-state index in [-0.39, 0.29) is 0 Å². The summed E-state index contributed by atoms with van der Waals surface area (Å²) in [6.07, 6.45) is 25.3. The summed E-state index contributed by atoms with van der Waals surface area (Å²) in [6, 6.07) is 85.3. The standard InChI is InChI=1S/C18H14N6.2C17H13N7.C17H12N6O.C14H9N5/c1-2-11-20-17(5-1)18-21-23-24(22-18)16-8-6-14(7-9-16)12-15-4-3-10-19-13-15;1-3-10-18-15(8-1)17-21-23-24(22-17)14-7-5-6-13(12-14)20-16-9-2-4-11-19-16;1-2-10-19-16(8-1)17-21-23-24(22-17)15-7-3-5-13(11-15)20-14-6-4-9-18-12-14;1-3-10-18-15(8-1)17-20-22-23(21-17)13-6-5-7-14(12-13)24-16-9-2-4-11-19-16;1-2-11-6-5-7-12(10-11)19-17-14(16-18-19)13-8-3-4-9-15-13/h1-11,13H,12H2;1-12H,(H,19,20);1-12,20H;1-12H;1,3-10H. The average molecular weight is 1510 g/mol. The van der Waals surface area contributed by atoms with E-state index in [4.69, 9.17) is 11.2 Å². The first-order valence-electron chi connectivity index (χ1n) is 35.3. The van der Waals surface area contributed by atoms with E-state index in [9.17, 15) is 0 Å². The van der Waals surface area contributed by atoms with Gasteiger partial charge in [0.25, 0.3) is 0 Å². The van der Waals surface area contributed by atoms with Crippen LogP contribution in [0.3, 0.4) is 0 Å². The zero-order valence-electron chi connectivity index (χ0n) is 60.5. The molecule has 19 aromatic rings. The summed E-state index contributed by atoms with van der Waals surface area (Å²) in [7, 11) is 0. The summed E-state index contributed by atoms with van der Waals surface area (Å²) in [5, 5.41) is 69.0. The topological polar surface area (TPSA) is 367 Å². The number of pyridine rings is 9. The highest BCUT2D eigenvalue weighted by Crippen LogP contribution is 2.25. The number of ether oxygens (including phenoxy) is 1. The molecule has 32 nitrogen and oxygen atoms in total. The Morgan fingerprint density at radius 1 is 0.296 bits per heavy atom. The zero-order valence-corrected chi connectivity index (χ0v) is 60.5. The molecule has 0 amide bonds. The van der Waals surface area contributed by atoms with Crippen LogP contribution in [0.1, 0.15) is 16.7 Å². The lowest BCUT2D eigenvalue weighted by molar-refractivity contribution is 0.462. The third kappa shape index (κ3) is 20.1. The van der Waals surface area contributed by atoms with Gasteiger partial charge >= 0.3 is 0 Å². The molecule has 5 aromatic carbocycles. The fourth-order valence-corrected chi connectivity index (χ4v) is 10.6. The predicted octanol–water partition coefficient (Wildman–Crippen LogP) is 13.1. The van der Waals surface area contributed by atoms with Crippen molar-refractivity contribution in [2.75, 3.05) is 10.6 Å². The van der Waals surface area contributed by atoms with E-state index < -0.39 is 0 Å². The summed E-state index contributed by atoms with van der Waals surface area (Å²) in [5.74, 6) is 6.94. The van der Waals surface area contributed by atoms with Gasteiger partial charge in [0.2, 0.25) is 35.0 Å². The molecule has 0 spiro atoms. The first kappa shape index (κ1) is 73.3. The van der Waals surface area contributed by atoms with Gasteiger partial charge in [-0.1, -0.05) is 90.8 Å². The fraction of sp³-hybridized carbons (Fsp3) is 0.0120. The maximum atomic E-state index is 5.72. The van der Waals surface area contributed by atoms with Crippen LogP contribution in [0.5, 0.6) is 11.6 Å². The Morgan fingerprint density at radius 3 is 1.11 bits per heavy atom. The molecule has 0 saturated heterocycles. The number of hydrogen-bond acceptors (Lipinski definition) is 27. The van der Waals surface area contributed by atoms with Crippen molar-refractivity contribution < 1.29 is 4.74 Å². The molecule has 14 heterocycles. The highest BCUT2D eigenvalue weighted by Gasteiger charge is 2.15. The van der Waals surface area contributed by atoms with Crippen molar-refractivity contribution in [3.63, 3.8) is 0 Å². The second-order valence-electron chi connectivity index (χ2n) is 24.1. The number of benzene rings is 5. The van der Waals surface area contributed by atoms with Crippen molar-refractivity contribution in [2.24, 2.45) is 0 Å². The van der Waals surface area contributed by atoms with Gasteiger partial charge in [0.1, 0.15) is 40.0 Å². The molecule has 0 unspecified atom stereocenters. The smallest absolute Gasteiger partial charge is 0.223 e. The summed E-state index contributed by atoms with van der Waals surface area (Å²) < 4.78 is 5.72. The second-order valence-corrected chi connectivity index (χ2v) is 24.1. The van der Waals surface area contributed by atoms with Crippen molar-refractivity contribution in [3.8, 4) is 110 Å². The maximum Gasteiger partial charge on any atom is 0.223 e. The SMILES string of the molecule is C#Cc1cccc(-n2nnc(-c3ccccn3)n2)c1.c1ccc(-c2nnn(-c3ccc(Cc4cccnc4)cc3)n2)nc1.c1ccc(-c2nnn(-c3cccc(Nc4cccnc4)c3)n2)nc1.c1ccc(Nc2cccc(-n3nnc(-c4ccccn4)n3)c2)nc1.c1ccc(Oc2cccc(-n3nnc(-c4ccccn4)n3)c2)nc1. The van der Waals surface area contributed by atoms with Crippen molar-refractivity contribution in [1.29, 1.82) is 0 Å². The third-order valence-electron chi connectivity index (χ3n) is 16.0. The van der Waals surface area contributed by atoms with Crippen molar-refractivity contribution in [2.45, 2.75) is 6.42 Å². The van der Waals surface area contributed by atoms with E-state index in [1.165, 1.54) is 35.1 Å². The summed E-state index contributed by atoms with van der Waals surface area (Å²) in [6.45, 7) is 0. The highest BCUT2D eigenvalue weighted by molar-refractivity contribution is 5.62. The Kier molecular flexibility index (Phi) is 23.6. The molecule has 2 N–H and O–H groups in total. The molecule has 0 aliphatic rings. The molecule has 0 aliphatic carbocycles. The Hall–Kier alpha value is -17.2. The van der Waals surface area contributed by atoms with E-state index in [0.717, 1.165) is 63.3 Å². The number of hydrogen-bond donors (Lipinski definition) is 2. The summed E-state index contributed by atoms with van der Waals surface area (Å²) >= 11 is 0. The fourth-order valence-electron chi connectivity index (χ4n) is 10.6. The van der Waals surface area contributed by atoms with Crippen LogP contribution < -0.4 is 15.4 Å². The van der Waals surface area contributed by atoms with Crippen LogP contribution in [-0.2, 0) is 6.42 Å². The van der Waals surface area contributed by atoms with Gasteiger partial charge in [-0.3, -0.25) is 34.9 Å². The molecular weight excluding hydrogens is 1450 g/mol. The number of rotatable bonds is 18. The van der Waals surface area contributed by atoms with Gasteiger partial charge < -0.3 is 15.4 Å². The normalized spacial score (nSPS) is 10.5. The van der Waals surface area contributed by atoms with Crippen molar-refractivity contribution >= 4 is 22.9 Å². The Balaban J connectivity index is 0.000000113. The number of nitrogens with zero attached hydrogens (tertiary/aromatic N) is 29. The van der Waals surface area contributed by atoms with Gasteiger partial charge in [0.05, 0.1) is 40.3 Å². The first-order valence-corrected chi connectivity index (χ1v) is 35.3. The largest absolute Gasteiger partial charge is 0.439 e. The van der Waals surface area contributed by atoms with E-state index in [1.807, 2.05) is 255 Å². The zero-order chi connectivity index (χ0) is 77.8. The minimum atomic E-state index is 0.464. The predicted molar refractivity (Wildman–Crippen MR) is 426 cm³/mol. The van der Waals surface area contributed by atoms with Crippen LogP contribution in [0.4, 0.5) is 22.9 Å². The molecule has 0 bridgehead atoms. The maximum absolute atomic E-state index is 5.72. The minimum Gasteiger partial charge on any atom is -0.439 e. The Labute approximate surface area is 655 Å². The molecule has 32 heteroatoms. The summed E-state index contributed by atoms with van der Waals surface area (Å²) in [5.41, 5.74) is 13.3. The van der Waals surface area contributed by atoms with Crippen molar-refractivity contribution in [3.05, 3.63) is 358 Å². The molecule has 0 radical (unpaired) electrons. The van der Waals surface area contributed by atoms with Crippen molar-refractivity contribution in [1.82, 2.24) is 146 Å². The van der Waals surface area contributed by atoms with E-state index in [2.05, 4.69) is 157 Å². The van der Waals surface area contributed by atoms with E-state index in [1.54, 1.807) is 68.0 Å². The number of terminal acetylenes is 1. The number of tetrazole rings is 5. The molecule has 554 valence electrons. The molecule has 0 fully saturated rings. The number of anilines is 4. The van der Waals surface area contributed by atoms with Gasteiger partial charge in [-0.25, -0.2) is 9.97 Å². The average Bonchev–Trinajstić information content (AvgIpc) is 1.74. The molecule has 14 aromatic heterocycles. The van der Waals surface area contributed by atoms with Crippen LogP contribution in [0.2, 0.25) is 0 Å². The molecule has 115 heavy (non-hydrogen) atoms. The lowest BCUT2D eigenvalue weighted by atomic mass is 10.1. The van der Waals surface area contributed by atoms with Gasteiger partial charge in [-0.2, -0.15) is 0 Å². The number of nitrogens with one attached hydrogen (secondary N) is 2. The number of aromatic nitrogens is 29. The van der Waals surface area contributed by atoms with E-state index in [0.29, 0.717) is 69.2 Å². The van der Waals surface area contributed by atoms with Crippen LogP contribution in [0.25, 0.3) is 86.0 Å². The van der Waals surface area contributed by atoms with Gasteiger partial charge in [0, 0.05) is 91.0 Å². The first-order chi connectivity index (χ1) is 56.9. The summed E-state index contributed by atoms with van der Waals surface area (Å²) in [4.78, 5) is 45.1. The quantitative estimate of drug-likeness (QED) is 0.0753. The lowest BCUT2D eigenvalue weighted by Gasteiger charge is -2.07. The van der Waals surface area contributed by atoms with Crippen LogP contribution in [0.15, 0.2) is 341 Å². The van der Waals surface area contributed by atoms with Crippen LogP contribution in [-0.4, -0.2) is 146 Å². The van der Waals surface area contributed by atoms with E-state index >= 15 is 0 Å². The Bertz CT molecular complexity index is 5870. The minimum absolute atomic E-state index is 0.464. The van der Waals surface area contributed by atoms with Gasteiger partial charge in [-0.15, -0.1) is 81.4 Å². The third-order valence-corrected chi connectivity index (χ3v) is 16.0. The molecule has 0 saturated carbocycles. The Morgan fingerprint density at radius 2 is 0.696 bits per heavy atom. The molecule has 0 atom stereocenters. The van der Waals surface area contributed by atoms with Gasteiger partial charge in [0.15, 0.2) is 0 Å². The monoisotopic (exact) mass is 1510 g/mol. The van der Waals surface area contributed by atoms with Crippen LogP contribution >= 0.6 is 0 Å². The molecule has 19 rings (SSSR count). The lowest BCUT2D eigenvalue weighted by Crippen LogP contribution is -2.00. The second kappa shape index (κ2) is 37.0. The molecule has 0 aliphatic heterocycles. The molecular formula is C83H61N31O. The highest BCUT2D eigenvalue weighted by atomic mass is 16.5.